The molecular weight excluding hydrogens is 340 g/mol. The van der Waals surface area contributed by atoms with Gasteiger partial charge in [0.15, 0.2) is 6.10 Å². The molecule has 0 N–H and O–H groups in total. The summed E-state index contributed by atoms with van der Waals surface area (Å²) in [4.78, 5) is 26.6. The van der Waals surface area contributed by atoms with E-state index in [-0.39, 0.29) is 5.69 Å². The predicted molar refractivity (Wildman–Crippen MR) is 96.3 cm³/mol. The Kier molecular flexibility index (Phi) is 4.85. The van der Waals surface area contributed by atoms with E-state index in [4.69, 9.17) is 4.74 Å². The van der Waals surface area contributed by atoms with Gasteiger partial charge in [0.1, 0.15) is 5.01 Å². The van der Waals surface area contributed by atoms with E-state index in [1.165, 1.54) is 29.5 Å². The molecule has 126 valence electrons. The van der Waals surface area contributed by atoms with Crippen molar-refractivity contribution in [1.82, 2.24) is 4.98 Å². The average Bonchev–Trinajstić information content (AvgIpc) is 3.04. The van der Waals surface area contributed by atoms with E-state index < -0.39 is 17.0 Å². The van der Waals surface area contributed by atoms with Gasteiger partial charge in [-0.3, -0.25) is 10.1 Å². The SMILES string of the molecule is CC(OC(=O)C=Cc1ccc([N+](=O)[O-])cc1)c1nc2ccccc2s1. The van der Waals surface area contributed by atoms with Crippen LogP contribution in [-0.4, -0.2) is 15.9 Å². The van der Waals surface area contributed by atoms with Crippen LogP contribution in [0.2, 0.25) is 0 Å². The Bertz CT molecular complexity index is 914. The molecule has 0 aliphatic rings. The molecule has 7 heteroatoms. The summed E-state index contributed by atoms with van der Waals surface area (Å²) in [5.74, 6) is -0.495. The number of nitro benzene ring substituents is 1. The first kappa shape index (κ1) is 16.8. The van der Waals surface area contributed by atoms with Crippen molar-refractivity contribution < 1.29 is 14.5 Å². The maximum absolute atomic E-state index is 12.0. The van der Waals surface area contributed by atoms with Crippen LogP contribution in [0, 0.1) is 10.1 Å². The third-order valence-corrected chi connectivity index (χ3v) is 4.66. The van der Waals surface area contributed by atoms with Crippen LogP contribution >= 0.6 is 11.3 Å². The number of hydrogen-bond acceptors (Lipinski definition) is 6. The molecule has 0 spiro atoms. The zero-order valence-corrected chi connectivity index (χ0v) is 14.1. The number of carbonyl (C=O) groups excluding carboxylic acids is 1. The zero-order valence-electron chi connectivity index (χ0n) is 13.3. The second-order valence-corrected chi connectivity index (χ2v) is 6.34. The van der Waals surface area contributed by atoms with Gasteiger partial charge in [0, 0.05) is 18.2 Å². The second-order valence-electron chi connectivity index (χ2n) is 5.28. The van der Waals surface area contributed by atoms with Crippen LogP contribution in [0.5, 0.6) is 0 Å². The predicted octanol–water partition coefficient (Wildman–Crippen LogP) is 4.52. The fraction of sp³-hybridized carbons (Fsp3) is 0.111. The molecule has 1 aromatic heterocycles. The lowest BCUT2D eigenvalue weighted by Gasteiger charge is -2.08. The number of benzene rings is 2. The Morgan fingerprint density at radius 3 is 2.64 bits per heavy atom. The molecule has 0 aliphatic carbocycles. The molecule has 1 atom stereocenters. The number of esters is 1. The van der Waals surface area contributed by atoms with Gasteiger partial charge < -0.3 is 4.74 Å². The minimum atomic E-state index is -0.495. The number of hydrogen-bond donors (Lipinski definition) is 0. The number of fused-ring (bicyclic) bond motifs is 1. The van der Waals surface area contributed by atoms with Crippen molar-refractivity contribution in [2.45, 2.75) is 13.0 Å². The zero-order chi connectivity index (χ0) is 17.8. The first-order valence-corrected chi connectivity index (χ1v) is 8.33. The standard InChI is InChI=1S/C18H14N2O4S/c1-12(18-19-15-4-2-3-5-16(15)25-18)24-17(21)11-8-13-6-9-14(10-7-13)20(22)23/h2-12H,1H3. The molecule has 2 aromatic carbocycles. The van der Waals surface area contributed by atoms with E-state index >= 15 is 0 Å². The molecule has 1 unspecified atom stereocenters. The molecule has 3 rings (SSSR count). The highest BCUT2D eigenvalue weighted by molar-refractivity contribution is 7.18. The molecule has 0 fully saturated rings. The fourth-order valence-corrected chi connectivity index (χ4v) is 3.15. The molecule has 1 heterocycles. The lowest BCUT2D eigenvalue weighted by Crippen LogP contribution is -2.05. The highest BCUT2D eigenvalue weighted by atomic mass is 32.1. The van der Waals surface area contributed by atoms with Gasteiger partial charge in [0.2, 0.25) is 0 Å². The van der Waals surface area contributed by atoms with E-state index in [0.717, 1.165) is 15.2 Å². The van der Waals surface area contributed by atoms with E-state index in [0.29, 0.717) is 5.56 Å². The summed E-state index contributed by atoms with van der Waals surface area (Å²) in [6, 6.07) is 13.6. The third-order valence-electron chi connectivity index (χ3n) is 3.47. The van der Waals surface area contributed by atoms with E-state index in [1.807, 2.05) is 24.3 Å². The Hall–Kier alpha value is -3.06. The van der Waals surface area contributed by atoms with E-state index in [9.17, 15) is 14.9 Å². The number of nitrogens with zero attached hydrogens (tertiary/aromatic N) is 2. The summed E-state index contributed by atoms with van der Waals surface area (Å²) in [5, 5.41) is 11.3. The Morgan fingerprint density at radius 1 is 1.24 bits per heavy atom. The van der Waals surface area contributed by atoms with Crippen LogP contribution in [-0.2, 0) is 9.53 Å². The summed E-state index contributed by atoms with van der Waals surface area (Å²) in [6.45, 7) is 1.77. The maximum atomic E-state index is 12.0. The molecule has 6 nitrogen and oxygen atoms in total. The Morgan fingerprint density at radius 2 is 1.96 bits per heavy atom. The van der Waals surface area contributed by atoms with E-state index in [2.05, 4.69) is 4.98 Å². The monoisotopic (exact) mass is 354 g/mol. The minimum absolute atomic E-state index is 0.00387. The van der Waals surface area contributed by atoms with Crippen LogP contribution in [0.25, 0.3) is 16.3 Å². The number of nitro groups is 1. The normalized spacial score (nSPS) is 12.4. The molecule has 0 bridgehead atoms. The molecule has 25 heavy (non-hydrogen) atoms. The van der Waals surface area contributed by atoms with E-state index in [1.54, 1.807) is 25.1 Å². The first-order chi connectivity index (χ1) is 12.0. The van der Waals surface area contributed by atoms with Gasteiger partial charge in [-0.1, -0.05) is 12.1 Å². The number of non-ortho nitro benzene ring substituents is 1. The second kappa shape index (κ2) is 7.23. The molecule has 0 aliphatic heterocycles. The topological polar surface area (TPSA) is 82.3 Å². The Balaban J connectivity index is 1.63. The van der Waals surface area contributed by atoms with Gasteiger partial charge in [-0.2, -0.15) is 0 Å². The van der Waals surface area contributed by atoms with Gasteiger partial charge >= 0.3 is 5.97 Å². The lowest BCUT2D eigenvalue weighted by molar-refractivity contribution is -0.384. The fourth-order valence-electron chi connectivity index (χ4n) is 2.20. The molecular formula is C18H14N2O4S. The van der Waals surface area contributed by atoms with Gasteiger partial charge in [-0.15, -0.1) is 11.3 Å². The first-order valence-electron chi connectivity index (χ1n) is 7.51. The van der Waals surface area contributed by atoms with Crippen molar-refractivity contribution in [3.8, 4) is 0 Å². The summed E-state index contributed by atoms with van der Waals surface area (Å²) in [5.41, 5.74) is 1.56. The van der Waals surface area contributed by atoms with Crippen LogP contribution < -0.4 is 0 Å². The average molecular weight is 354 g/mol. The Labute approximate surface area is 147 Å². The third kappa shape index (κ3) is 4.07. The quantitative estimate of drug-likeness (QED) is 0.291. The minimum Gasteiger partial charge on any atom is -0.452 e. The highest BCUT2D eigenvalue weighted by Crippen LogP contribution is 2.28. The summed E-state index contributed by atoms with van der Waals surface area (Å²) >= 11 is 1.49. The number of thiazole rings is 1. The van der Waals surface area contributed by atoms with Gasteiger partial charge in [-0.25, -0.2) is 9.78 Å². The number of para-hydroxylation sites is 1. The number of ether oxygens (including phenoxy) is 1. The van der Waals surface area contributed by atoms with Crippen molar-refractivity contribution in [3.63, 3.8) is 0 Å². The maximum Gasteiger partial charge on any atom is 0.331 e. The van der Waals surface area contributed by atoms with Gasteiger partial charge in [0.05, 0.1) is 15.1 Å². The summed E-state index contributed by atoms with van der Waals surface area (Å²) in [7, 11) is 0. The van der Waals surface area contributed by atoms with Crippen molar-refractivity contribution >= 4 is 39.3 Å². The number of carbonyl (C=O) groups is 1. The van der Waals surface area contributed by atoms with Crippen molar-refractivity contribution in [2.75, 3.05) is 0 Å². The molecule has 0 amide bonds. The highest BCUT2D eigenvalue weighted by Gasteiger charge is 2.14. The summed E-state index contributed by atoms with van der Waals surface area (Å²) in [6.07, 6.45) is 2.40. The van der Waals surface area contributed by atoms with Crippen molar-refractivity contribution in [3.05, 3.63) is 75.3 Å². The van der Waals surface area contributed by atoms with Crippen molar-refractivity contribution in [2.24, 2.45) is 0 Å². The largest absolute Gasteiger partial charge is 0.452 e. The number of rotatable bonds is 5. The van der Waals surface area contributed by atoms with Crippen LogP contribution in [0.1, 0.15) is 23.6 Å². The van der Waals surface area contributed by atoms with Gasteiger partial charge in [0.25, 0.3) is 5.69 Å². The lowest BCUT2D eigenvalue weighted by atomic mass is 10.2. The number of aromatic nitrogens is 1. The van der Waals surface area contributed by atoms with Crippen LogP contribution in [0.4, 0.5) is 5.69 Å². The molecule has 0 radical (unpaired) electrons. The van der Waals surface area contributed by atoms with Gasteiger partial charge in [-0.05, 0) is 42.8 Å². The van der Waals surface area contributed by atoms with Crippen LogP contribution in [0.15, 0.2) is 54.6 Å². The molecule has 0 saturated carbocycles. The molecule has 3 aromatic rings. The smallest absolute Gasteiger partial charge is 0.331 e. The molecule has 0 saturated heterocycles. The summed E-state index contributed by atoms with van der Waals surface area (Å²) < 4.78 is 6.41. The van der Waals surface area contributed by atoms with Crippen LogP contribution in [0.3, 0.4) is 0 Å². The van der Waals surface area contributed by atoms with Crippen molar-refractivity contribution in [1.29, 1.82) is 0 Å².